The van der Waals surface area contributed by atoms with Crippen molar-refractivity contribution in [3.05, 3.63) is 41.4 Å². The Hall–Kier alpha value is -3.01. The summed E-state index contributed by atoms with van der Waals surface area (Å²) in [7, 11) is 0. The number of hydrogen-bond acceptors (Lipinski definition) is 4. The molecule has 3 N–H and O–H groups in total. The third-order valence-electron chi connectivity index (χ3n) is 3.60. The van der Waals surface area contributed by atoms with Crippen molar-refractivity contribution in [3.63, 3.8) is 0 Å². The van der Waals surface area contributed by atoms with Crippen molar-refractivity contribution >= 4 is 11.8 Å². The van der Waals surface area contributed by atoms with Gasteiger partial charge in [0.05, 0.1) is 5.41 Å². The maximum Gasteiger partial charge on any atom is 0.256 e. The zero-order chi connectivity index (χ0) is 17.2. The molecule has 0 atom stereocenters. The number of primary amides is 1. The van der Waals surface area contributed by atoms with E-state index in [-0.39, 0.29) is 23.6 Å². The van der Waals surface area contributed by atoms with Gasteiger partial charge >= 0.3 is 0 Å². The number of carbonyl (C=O) groups excluding carboxylic acids is 2. The standard InChI is InChI=1S/C16H18N4O3/c1-10-12(13(21)19-9-16(2,3)15(18)22)11(8-17)14(23-10)20-6-4-5-7-20/h4-7H,9H2,1-3H3,(H2,18,22)(H,19,21). The van der Waals surface area contributed by atoms with Crippen molar-refractivity contribution in [1.82, 2.24) is 9.88 Å². The first-order chi connectivity index (χ1) is 10.8. The number of nitrogens with zero attached hydrogens (tertiary/aromatic N) is 2. The van der Waals surface area contributed by atoms with Gasteiger partial charge in [0.1, 0.15) is 23.0 Å². The van der Waals surface area contributed by atoms with Crippen LogP contribution in [0.15, 0.2) is 28.9 Å². The Morgan fingerprint density at radius 2 is 2.00 bits per heavy atom. The quantitative estimate of drug-likeness (QED) is 0.870. The summed E-state index contributed by atoms with van der Waals surface area (Å²) in [5.41, 5.74) is 4.71. The van der Waals surface area contributed by atoms with Crippen molar-refractivity contribution < 1.29 is 14.0 Å². The van der Waals surface area contributed by atoms with Gasteiger partial charge in [-0.3, -0.25) is 14.2 Å². The van der Waals surface area contributed by atoms with Crippen LogP contribution in [-0.2, 0) is 4.79 Å². The van der Waals surface area contributed by atoms with Crippen molar-refractivity contribution in [1.29, 1.82) is 5.26 Å². The number of hydrogen-bond donors (Lipinski definition) is 2. The number of nitriles is 1. The molecule has 2 heterocycles. The van der Waals surface area contributed by atoms with Crippen LogP contribution in [-0.4, -0.2) is 22.9 Å². The van der Waals surface area contributed by atoms with Gasteiger partial charge in [-0.1, -0.05) is 0 Å². The minimum absolute atomic E-state index is 0.0650. The largest absolute Gasteiger partial charge is 0.443 e. The Morgan fingerprint density at radius 3 is 2.52 bits per heavy atom. The summed E-state index contributed by atoms with van der Waals surface area (Å²) in [5.74, 6) is -0.375. The van der Waals surface area contributed by atoms with Crippen LogP contribution in [0.1, 0.15) is 35.5 Å². The van der Waals surface area contributed by atoms with Crippen LogP contribution in [0.5, 0.6) is 0 Å². The topological polar surface area (TPSA) is 114 Å². The molecule has 2 aromatic heterocycles. The number of nitrogens with one attached hydrogen (secondary N) is 1. The molecule has 0 fully saturated rings. The highest BCUT2D eigenvalue weighted by Crippen LogP contribution is 2.25. The fourth-order valence-corrected chi connectivity index (χ4v) is 2.04. The SMILES string of the molecule is Cc1oc(-n2cccc2)c(C#N)c1C(=O)NCC(C)(C)C(N)=O. The summed E-state index contributed by atoms with van der Waals surface area (Å²) < 4.78 is 7.19. The van der Waals surface area contributed by atoms with Crippen LogP contribution < -0.4 is 11.1 Å². The predicted octanol–water partition coefficient (Wildman–Crippen LogP) is 1.49. The fourth-order valence-electron chi connectivity index (χ4n) is 2.04. The van der Waals surface area contributed by atoms with E-state index in [4.69, 9.17) is 10.2 Å². The molecule has 0 unspecified atom stereocenters. The molecule has 7 heteroatoms. The molecule has 0 bridgehead atoms. The van der Waals surface area contributed by atoms with Crippen molar-refractivity contribution in [2.45, 2.75) is 20.8 Å². The van der Waals surface area contributed by atoms with Gasteiger partial charge in [0.2, 0.25) is 11.8 Å². The summed E-state index contributed by atoms with van der Waals surface area (Å²) in [6, 6.07) is 5.58. The zero-order valence-electron chi connectivity index (χ0n) is 13.2. The summed E-state index contributed by atoms with van der Waals surface area (Å²) in [6.45, 7) is 4.94. The molecule has 0 aromatic carbocycles. The van der Waals surface area contributed by atoms with Gasteiger partial charge < -0.3 is 15.5 Å². The van der Waals surface area contributed by atoms with Gasteiger partial charge in [-0.25, -0.2) is 0 Å². The summed E-state index contributed by atoms with van der Waals surface area (Å²) in [4.78, 5) is 23.7. The molecule has 0 radical (unpaired) electrons. The Bertz CT molecular complexity index is 779. The number of aromatic nitrogens is 1. The van der Waals surface area contributed by atoms with Crippen LogP contribution in [0.25, 0.3) is 5.88 Å². The van der Waals surface area contributed by atoms with Gasteiger partial charge in [0, 0.05) is 18.9 Å². The first-order valence-corrected chi connectivity index (χ1v) is 7.03. The molecule has 0 aliphatic rings. The highest BCUT2D eigenvalue weighted by molar-refractivity contribution is 5.98. The van der Waals surface area contributed by atoms with Gasteiger partial charge in [0.25, 0.3) is 5.91 Å². The van der Waals surface area contributed by atoms with Gasteiger partial charge in [-0.2, -0.15) is 5.26 Å². The Labute approximate surface area is 133 Å². The Morgan fingerprint density at radius 1 is 1.39 bits per heavy atom. The van der Waals surface area contributed by atoms with E-state index >= 15 is 0 Å². The van der Waals surface area contributed by atoms with Crippen molar-refractivity contribution in [3.8, 4) is 12.0 Å². The Kier molecular flexibility index (Phi) is 4.27. The molecule has 7 nitrogen and oxygen atoms in total. The van der Waals surface area contributed by atoms with E-state index in [1.165, 1.54) is 0 Å². The lowest BCUT2D eigenvalue weighted by atomic mass is 9.92. The van der Waals surface area contributed by atoms with Gasteiger partial charge in [-0.05, 0) is 32.9 Å². The molecule has 0 aliphatic carbocycles. The second kappa shape index (κ2) is 6.01. The number of aryl methyl sites for hydroxylation is 1. The van der Waals surface area contributed by atoms with Crippen molar-refractivity contribution in [2.24, 2.45) is 11.1 Å². The third-order valence-corrected chi connectivity index (χ3v) is 3.60. The molecule has 120 valence electrons. The molecule has 0 saturated carbocycles. The number of rotatable bonds is 5. The van der Waals surface area contributed by atoms with E-state index in [1.807, 2.05) is 6.07 Å². The normalized spacial score (nSPS) is 11.0. The van der Waals surface area contributed by atoms with Crippen LogP contribution in [0.4, 0.5) is 0 Å². The van der Waals surface area contributed by atoms with E-state index in [2.05, 4.69) is 5.32 Å². The molecule has 2 rings (SSSR count). The summed E-state index contributed by atoms with van der Waals surface area (Å²) in [6.07, 6.45) is 3.44. The average Bonchev–Trinajstić information content (AvgIpc) is 3.11. The van der Waals surface area contributed by atoms with E-state index in [1.54, 1.807) is 49.9 Å². The number of carbonyl (C=O) groups is 2. The lowest BCUT2D eigenvalue weighted by molar-refractivity contribution is -0.125. The first-order valence-electron chi connectivity index (χ1n) is 7.03. The number of nitrogens with two attached hydrogens (primary N) is 1. The molecular formula is C16H18N4O3. The van der Waals surface area contributed by atoms with Gasteiger partial charge in [-0.15, -0.1) is 0 Å². The van der Waals surface area contributed by atoms with E-state index in [9.17, 15) is 14.9 Å². The van der Waals surface area contributed by atoms with Crippen LogP contribution in [0, 0.1) is 23.7 Å². The lowest BCUT2D eigenvalue weighted by Crippen LogP contribution is -2.42. The Balaban J connectivity index is 2.32. The van der Waals surface area contributed by atoms with Crippen LogP contribution in [0.3, 0.4) is 0 Å². The van der Waals surface area contributed by atoms with E-state index in [0.717, 1.165) is 0 Å². The second-order valence-electron chi connectivity index (χ2n) is 5.85. The number of furan rings is 1. The highest BCUT2D eigenvalue weighted by atomic mass is 16.4. The smallest absolute Gasteiger partial charge is 0.256 e. The number of amides is 2. The maximum atomic E-state index is 12.4. The molecule has 0 spiro atoms. The monoisotopic (exact) mass is 314 g/mol. The summed E-state index contributed by atoms with van der Waals surface area (Å²) in [5, 5.41) is 12.0. The fraction of sp³-hybridized carbons (Fsp3) is 0.312. The second-order valence-corrected chi connectivity index (χ2v) is 5.85. The first kappa shape index (κ1) is 16.4. The molecule has 2 amide bonds. The van der Waals surface area contributed by atoms with Crippen LogP contribution in [0.2, 0.25) is 0 Å². The molecular weight excluding hydrogens is 296 g/mol. The minimum atomic E-state index is -0.886. The zero-order valence-corrected chi connectivity index (χ0v) is 13.2. The molecule has 23 heavy (non-hydrogen) atoms. The highest BCUT2D eigenvalue weighted by Gasteiger charge is 2.29. The molecule has 2 aromatic rings. The van der Waals surface area contributed by atoms with Crippen molar-refractivity contribution in [2.75, 3.05) is 6.54 Å². The molecule has 0 aliphatic heterocycles. The predicted molar refractivity (Wildman–Crippen MR) is 82.8 cm³/mol. The van der Waals surface area contributed by atoms with E-state index < -0.39 is 17.2 Å². The maximum absolute atomic E-state index is 12.4. The lowest BCUT2D eigenvalue weighted by Gasteiger charge is -2.20. The average molecular weight is 314 g/mol. The minimum Gasteiger partial charge on any atom is -0.443 e. The van der Waals surface area contributed by atoms with Crippen LogP contribution >= 0.6 is 0 Å². The van der Waals surface area contributed by atoms with Gasteiger partial charge in [0.15, 0.2) is 0 Å². The summed E-state index contributed by atoms with van der Waals surface area (Å²) >= 11 is 0. The van der Waals surface area contributed by atoms with E-state index in [0.29, 0.717) is 5.76 Å². The molecule has 0 saturated heterocycles. The third kappa shape index (κ3) is 3.11.